The molecule has 19 heavy (non-hydrogen) atoms. The van der Waals surface area contributed by atoms with Gasteiger partial charge >= 0.3 is 5.97 Å². The summed E-state index contributed by atoms with van der Waals surface area (Å²) in [6, 6.07) is 0. The lowest BCUT2D eigenvalue weighted by molar-refractivity contribution is 0.0520. The van der Waals surface area contributed by atoms with Crippen LogP contribution >= 0.6 is 11.3 Å². The lowest BCUT2D eigenvalue weighted by atomic mass is 10.2. The maximum atomic E-state index is 11.6. The van der Waals surface area contributed by atoms with Crippen molar-refractivity contribution in [3.8, 4) is 0 Å². The quantitative estimate of drug-likeness (QED) is 0.793. The van der Waals surface area contributed by atoms with Crippen LogP contribution < -0.4 is 0 Å². The molecule has 100 valence electrons. The molecule has 0 unspecified atom stereocenters. The van der Waals surface area contributed by atoms with Crippen LogP contribution in [0.25, 0.3) is 5.57 Å². The fourth-order valence-corrected chi connectivity index (χ4v) is 2.40. The number of hydrogen-bond donors (Lipinski definition) is 0. The van der Waals surface area contributed by atoms with Gasteiger partial charge in [-0.25, -0.2) is 9.78 Å². The molecule has 1 aromatic heterocycles. The minimum atomic E-state index is -0.378. The molecule has 2 rings (SSSR count). The fourth-order valence-electron chi connectivity index (χ4n) is 1.61. The first-order valence-electron chi connectivity index (χ1n) is 5.99. The number of methoxy groups -OCH3 is 1. The maximum Gasteiger partial charge on any atom is 0.357 e. The Kier molecular flexibility index (Phi) is 4.52. The third-order valence-electron chi connectivity index (χ3n) is 2.56. The normalized spacial score (nSPS) is 14.4. The molecule has 0 saturated carbocycles. The van der Waals surface area contributed by atoms with E-state index in [2.05, 4.69) is 4.98 Å². The molecule has 0 aliphatic heterocycles. The molecule has 0 bridgehead atoms. The zero-order chi connectivity index (χ0) is 13.7. The smallest absolute Gasteiger partial charge is 0.357 e. The predicted octanol–water partition coefficient (Wildman–Crippen LogP) is 3.19. The van der Waals surface area contributed by atoms with E-state index >= 15 is 0 Å². The van der Waals surface area contributed by atoms with E-state index in [0.29, 0.717) is 12.3 Å². The Bertz CT molecular complexity index is 555. The van der Waals surface area contributed by atoms with Gasteiger partial charge in [-0.2, -0.15) is 0 Å². The maximum absolute atomic E-state index is 11.6. The van der Waals surface area contributed by atoms with E-state index in [4.69, 9.17) is 9.47 Å². The fraction of sp³-hybridized carbons (Fsp3) is 0.286. The SMILES string of the molecule is CCOC(=O)c1csc(C2=CC=C(OC)CC=C2)n1. The molecule has 0 spiro atoms. The van der Waals surface area contributed by atoms with Crippen LogP contribution in [-0.2, 0) is 9.47 Å². The molecule has 0 amide bonds. The number of thiazole rings is 1. The zero-order valence-corrected chi connectivity index (χ0v) is 11.7. The van der Waals surface area contributed by atoms with Crippen LogP contribution in [0.3, 0.4) is 0 Å². The lowest BCUT2D eigenvalue weighted by Crippen LogP contribution is -2.04. The molecule has 1 aliphatic rings. The van der Waals surface area contributed by atoms with E-state index in [-0.39, 0.29) is 5.97 Å². The summed E-state index contributed by atoms with van der Waals surface area (Å²) in [4.78, 5) is 15.9. The molecule has 0 fully saturated rings. The van der Waals surface area contributed by atoms with E-state index in [1.165, 1.54) is 11.3 Å². The van der Waals surface area contributed by atoms with Crippen molar-refractivity contribution in [2.45, 2.75) is 13.3 Å². The van der Waals surface area contributed by atoms with Gasteiger partial charge < -0.3 is 9.47 Å². The first-order chi connectivity index (χ1) is 9.24. The average molecular weight is 277 g/mol. The van der Waals surface area contributed by atoms with Crippen molar-refractivity contribution in [2.24, 2.45) is 0 Å². The van der Waals surface area contributed by atoms with Gasteiger partial charge in [-0.1, -0.05) is 12.2 Å². The Balaban J connectivity index is 2.21. The van der Waals surface area contributed by atoms with Gasteiger partial charge in [-0.3, -0.25) is 0 Å². The van der Waals surface area contributed by atoms with Crippen LogP contribution in [0.1, 0.15) is 28.8 Å². The van der Waals surface area contributed by atoms with Crippen molar-refractivity contribution in [2.75, 3.05) is 13.7 Å². The summed E-state index contributed by atoms with van der Waals surface area (Å²) in [7, 11) is 1.65. The second-order valence-corrected chi connectivity index (χ2v) is 4.68. The average Bonchev–Trinajstić information content (AvgIpc) is 2.78. The van der Waals surface area contributed by atoms with Gasteiger partial charge in [0.05, 0.1) is 19.5 Å². The number of carbonyl (C=O) groups is 1. The molecule has 5 heteroatoms. The molecule has 4 nitrogen and oxygen atoms in total. The number of esters is 1. The number of rotatable bonds is 4. The van der Waals surface area contributed by atoms with Gasteiger partial charge in [-0.05, 0) is 19.1 Å². The van der Waals surface area contributed by atoms with E-state index in [1.807, 2.05) is 24.3 Å². The summed E-state index contributed by atoms with van der Waals surface area (Å²) in [6.45, 7) is 2.13. The van der Waals surface area contributed by atoms with Gasteiger partial charge in [0.15, 0.2) is 5.69 Å². The number of allylic oxidation sites excluding steroid dienone is 5. The number of nitrogens with zero attached hydrogens (tertiary/aromatic N) is 1. The van der Waals surface area contributed by atoms with Crippen LogP contribution in [-0.4, -0.2) is 24.7 Å². The topological polar surface area (TPSA) is 48.4 Å². The van der Waals surface area contributed by atoms with Crippen LogP contribution in [0.2, 0.25) is 0 Å². The molecule has 0 N–H and O–H groups in total. The summed E-state index contributed by atoms with van der Waals surface area (Å²) >= 11 is 1.43. The minimum Gasteiger partial charge on any atom is -0.501 e. The van der Waals surface area contributed by atoms with E-state index in [0.717, 1.165) is 22.8 Å². The summed E-state index contributed by atoms with van der Waals surface area (Å²) in [5, 5.41) is 2.52. The Morgan fingerprint density at radius 1 is 1.47 bits per heavy atom. The minimum absolute atomic E-state index is 0.355. The van der Waals surface area contributed by atoms with Crippen molar-refractivity contribution < 1.29 is 14.3 Å². The van der Waals surface area contributed by atoms with Crippen molar-refractivity contribution in [1.29, 1.82) is 0 Å². The Hall–Kier alpha value is -1.88. The van der Waals surface area contributed by atoms with Crippen LogP contribution in [0.5, 0.6) is 0 Å². The molecule has 0 atom stereocenters. The van der Waals surface area contributed by atoms with Gasteiger partial charge in [-0.15, -0.1) is 11.3 Å². The highest BCUT2D eigenvalue weighted by Gasteiger charge is 2.13. The van der Waals surface area contributed by atoms with Crippen molar-refractivity contribution >= 4 is 22.9 Å². The molecule has 0 radical (unpaired) electrons. The number of aromatic nitrogens is 1. The summed E-state index contributed by atoms with van der Waals surface area (Å²) in [6.07, 6.45) is 8.61. The van der Waals surface area contributed by atoms with Crippen LogP contribution in [0, 0.1) is 0 Å². The van der Waals surface area contributed by atoms with Crippen LogP contribution in [0.4, 0.5) is 0 Å². The van der Waals surface area contributed by atoms with Crippen LogP contribution in [0.15, 0.2) is 35.4 Å². The third kappa shape index (κ3) is 3.32. The molecule has 0 saturated heterocycles. The largest absolute Gasteiger partial charge is 0.501 e. The van der Waals surface area contributed by atoms with E-state index in [9.17, 15) is 4.79 Å². The molecular formula is C14H15NO3S. The monoisotopic (exact) mass is 277 g/mol. The lowest BCUT2D eigenvalue weighted by Gasteiger charge is -1.98. The summed E-state index contributed by atoms with van der Waals surface area (Å²) < 4.78 is 10.1. The number of hydrogen-bond acceptors (Lipinski definition) is 5. The Morgan fingerprint density at radius 3 is 3.05 bits per heavy atom. The highest BCUT2D eigenvalue weighted by molar-refractivity contribution is 7.11. The summed E-state index contributed by atoms with van der Waals surface area (Å²) in [5.41, 5.74) is 1.32. The highest BCUT2D eigenvalue weighted by atomic mass is 32.1. The van der Waals surface area contributed by atoms with Gasteiger partial charge in [0.25, 0.3) is 0 Å². The molecule has 0 aromatic carbocycles. The second kappa shape index (κ2) is 6.33. The van der Waals surface area contributed by atoms with Gasteiger partial charge in [0, 0.05) is 17.4 Å². The molecule has 1 aromatic rings. The van der Waals surface area contributed by atoms with E-state index in [1.54, 1.807) is 19.4 Å². The second-order valence-electron chi connectivity index (χ2n) is 3.82. The Labute approximate surface area is 116 Å². The van der Waals surface area contributed by atoms with E-state index < -0.39 is 0 Å². The van der Waals surface area contributed by atoms with Crippen molar-refractivity contribution in [3.05, 3.63) is 46.1 Å². The first-order valence-corrected chi connectivity index (χ1v) is 6.87. The standard InChI is InChI=1S/C14H15NO3S/c1-3-18-14(16)12-9-19-13(15-12)10-5-4-6-11(17-2)8-7-10/h4-5,7-9H,3,6H2,1-2H3. The van der Waals surface area contributed by atoms with Crippen molar-refractivity contribution in [1.82, 2.24) is 4.98 Å². The molecular weight excluding hydrogens is 262 g/mol. The first kappa shape index (κ1) is 13.5. The predicted molar refractivity (Wildman–Crippen MR) is 74.9 cm³/mol. The van der Waals surface area contributed by atoms with Gasteiger partial charge in [0.2, 0.25) is 0 Å². The number of ether oxygens (including phenoxy) is 2. The third-order valence-corrected chi connectivity index (χ3v) is 3.45. The highest BCUT2D eigenvalue weighted by Crippen LogP contribution is 2.24. The summed E-state index contributed by atoms with van der Waals surface area (Å²) in [5.74, 6) is 0.518. The molecule has 1 heterocycles. The zero-order valence-electron chi connectivity index (χ0n) is 10.9. The van der Waals surface area contributed by atoms with Crippen molar-refractivity contribution in [3.63, 3.8) is 0 Å². The number of carbonyl (C=O) groups excluding carboxylic acids is 1. The van der Waals surface area contributed by atoms with Gasteiger partial charge in [0.1, 0.15) is 5.01 Å². The molecule has 1 aliphatic carbocycles. The Morgan fingerprint density at radius 2 is 2.32 bits per heavy atom.